The molecule has 0 fully saturated rings. The number of rotatable bonds is 2. The summed E-state index contributed by atoms with van der Waals surface area (Å²) in [6.45, 7) is 10.1. The van der Waals surface area contributed by atoms with Crippen LogP contribution in [0.1, 0.15) is 37.0 Å². The second-order valence-corrected chi connectivity index (χ2v) is 4.82. The van der Waals surface area contributed by atoms with Crippen molar-refractivity contribution in [2.45, 2.75) is 38.5 Å². The van der Waals surface area contributed by atoms with Crippen molar-refractivity contribution >= 4 is 0 Å². The van der Waals surface area contributed by atoms with E-state index in [1.165, 1.54) is 29.5 Å². The number of allylic oxidation sites excluding steroid dienone is 1. The SMILES string of the molecule is [CH]=CCc1ccc2c(c1)C(C)(C)CC2. The maximum absolute atomic E-state index is 5.45. The van der Waals surface area contributed by atoms with Crippen LogP contribution in [0, 0.1) is 6.58 Å². The molecule has 1 aliphatic carbocycles. The molecule has 0 unspecified atom stereocenters. The Morgan fingerprint density at radius 3 is 2.93 bits per heavy atom. The summed E-state index contributed by atoms with van der Waals surface area (Å²) in [4.78, 5) is 0. The summed E-state index contributed by atoms with van der Waals surface area (Å²) in [5.74, 6) is 0. The largest absolute Gasteiger partial charge is 0.0801 e. The molecule has 0 heteroatoms. The van der Waals surface area contributed by atoms with Gasteiger partial charge >= 0.3 is 0 Å². The number of benzene rings is 1. The van der Waals surface area contributed by atoms with Crippen molar-refractivity contribution in [3.63, 3.8) is 0 Å². The molecule has 0 N–H and O–H groups in total. The monoisotopic (exact) mass is 185 g/mol. The van der Waals surface area contributed by atoms with E-state index in [4.69, 9.17) is 6.58 Å². The fraction of sp³-hybridized carbons (Fsp3) is 0.429. The van der Waals surface area contributed by atoms with Crippen molar-refractivity contribution in [1.82, 2.24) is 0 Å². The average Bonchev–Trinajstić information content (AvgIpc) is 2.44. The highest BCUT2D eigenvalue weighted by atomic mass is 14.3. The van der Waals surface area contributed by atoms with Gasteiger partial charge in [-0.2, -0.15) is 0 Å². The first kappa shape index (κ1) is 9.51. The van der Waals surface area contributed by atoms with Crippen LogP contribution in [0.2, 0.25) is 0 Å². The number of fused-ring (bicyclic) bond motifs is 1. The van der Waals surface area contributed by atoms with Gasteiger partial charge in [0, 0.05) is 0 Å². The van der Waals surface area contributed by atoms with E-state index in [1.54, 1.807) is 6.08 Å². The number of hydrogen-bond donors (Lipinski definition) is 0. The topological polar surface area (TPSA) is 0 Å². The lowest BCUT2D eigenvalue weighted by molar-refractivity contribution is 0.522. The van der Waals surface area contributed by atoms with Crippen LogP contribution in [0.15, 0.2) is 24.3 Å². The van der Waals surface area contributed by atoms with Crippen LogP contribution in [-0.4, -0.2) is 0 Å². The summed E-state index contributed by atoms with van der Waals surface area (Å²) in [6.07, 6.45) is 5.11. The number of hydrogen-bond acceptors (Lipinski definition) is 0. The highest BCUT2D eigenvalue weighted by molar-refractivity contribution is 5.41. The van der Waals surface area contributed by atoms with E-state index in [0.717, 1.165) is 6.42 Å². The molecule has 14 heavy (non-hydrogen) atoms. The third-order valence-electron chi connectivity index (χ3n) is 3.28. The normalized spacial score (nSPS) is 17.9. The second kappa shape index (κ2) is 3.27. The molecule has 0 spiro atoms. The van der Waals surface area contributed by atoms with E-state index in [1.807, 2.05) is 0 Å². The van der Waals surface area contributed by atoms with E-state index in [2.05, 4.69) is 32.0 Å². The van der Waals surface area contributed by atoms with Crippen molar-refractivity contribution < 1.29 is 0 Å². The lowest BCUT2D eigenvalue weighted by Crippen LogP contribution is -2.11. The Morgan fingerprint density at radius 1 is 1.43 bits per heavy atom. The van der Waals surface area contributed by atoms with Crippen molar-refractivity contribution in [3.8, 4) is 0 Å². The van der Waals surface area contributed by atoms with Gasteiger partial charge in [-0.1, -0.05) is 44.7 Å². The Balaban J connectivity index is 2.42. The predicted octanol–water partition coefficient (Wildman–Crippen LogP) is 3.44. The lowest BCUT2D eigenvalue weighted by Gasteiger charge is -2.19. The van der Waals surface area contributed by atoms with Gasteiger partial charge in [-0.15, -0.1) is 0 Å². The molecule has 0 bridgehead atoms. The third kappa shape index (κ3) is 1.50. The van der Waals surface area contributed by atoms with E-state index < -0.39 is 0 Å². The van der Waals surface area contributed by atoms with Gasteiger partial charge in [-0.05, 0) is 41.4 Å². The Morgan fingerprint density at radius 2 is 2.21 bits per heavy atom. The molecule has 0 heterocycles. The zero-order valence-electron chi connectivity index (χ0n) is 9.01. The van der Waals surface area contributed by atoms with Gasteiger partial charge in [0.1, 0.15) is 0 Å². The second-order valence-electron chi connectivity index (χ2n) is 4.82. The van der Waals surface area contributed by atoms with Crippen LogP contribution < -0.4 is 0 Å². The summed E-state index contributed by atoms with van der Waals surface area (Å²) < 4.78 is 0. The van der Waals surface area contributed by atoms with E-state index in [-0.39, 0.29) is 0 Å². The van der Waals surface area contributed by atoms with Gasteiger partial charge < -0.3 is 0 Å². The van der Waals surface area contributed by atoms with Crippen molar-refractivity contribution in [2.24, 2.45) is 0 Å². The fourth-order valence-corrected chi connectivity index (χ4v) is 2.32. The maximum atomic E-state index is 5.45. The van der Waals surface area contributed by atoms with Crippen LogP contribution in [-0.2, 0) is 18.3 Å². The van der Waals surface area contributed by atoms with E-state index in [0.29, 0.717) is 5.41 Å². The molecule has 0 saturated carbocycles. The van der Waals surface area contributed by atoms with Gasteiger partial charge in [0.2, 0.25) is 0 Å². The molecule has 0 atom stereocenters. The minimum Gasteiger partial charge on any atom is -0.0801 e. The number of aryl methyl sites for hydroxylation is 1. The molecule has 73 valence electrons. The smallest absolute Gasteiger partial charge is 0.00942 e. The molecular formula is C14H17. The molecule has 1 aliphatic rings. The van der Waals surface area contributed by atoms with Gasteiger partial charge in [-0.3, -0.25) is 0 Å². The third-order valence-corrected chi connectivity index (χ3v) is 3.28. The van der Waals surface area contributed by atoms with Gasteiger partial charge in [-0.25, -0.2) is 0 Å². The molecule has 2 rings (SSSR count). The Bertz CT molecular complexity index is 358. The fourth-order valence-electron chi connectivity index (χ4n) is 2.32. The molecule has 0 aliphatic heterocycles. The van der Waals surface area contributed by atoms with Crippen LogP contribution in [0.5, 0.6) is 0 Å². The van der Waals surface area contributed by atoms with Crippen LogP contribution in [0.3, 0.4) is 0 Å². The first-order chi connectivity index (χ1) is 6.63. The molecule has 1 aromatic rings. The summed E-state index contributed by atoms with van der Waals surface area (Å²) in [7, 11) is 0. The molecule has 0 nitrogen and oxygen atoms in total. The minimum absolute atomic E-state index is 0.361. The van der Waals surface area contributed by atoms with Crippen LogP contribution in [0.25, 0.3) is 0 Å². The summed E-state index contributed by atoms with van der Waals surface area (Å²) in [5, 5.41) is 0. The van der Waals surface area contributed by atoms with E-state index >= 15 is 0 Å². The predicted molar refractivity (Wildman–Crippen MR) is 60.4 cm³/mol. The Kier molecular flexibility index (Phi) is 2.22. The van der Waals surface area contributed by atoms with Gasteiger partial charge in [0.05, 0.1) is 0 Å². The van der Waals surface area contributed by atoms with E-state index in [9.17, 15) is 0 Å². The molecule has 1 aromatic carbocycles. The zero-order valence-corrected chi connectivity index (χ0v) is 9.01. The highest BCUT2D eigenvalue weighted by Gasteiger charge is 2.29. The maximum Gasteiger partial charge on any atom is -0.00942 e. The van der Waals surface area contributed by atoms with Crippen molar-refractivity contribution in [3.05, 3.63) is 47.5 Å². The first-order valence-corrected chi connectivity index (χ1v) is 5.29. The van der Waals surface area contributed by atoms with Crippen LogP contribution >= 0.6 is 0 Å². The Hall–Kier alpha value is -1.04. The van der Waals surface area contributed by atoms with Crippen LogP contribution in [0.4, 0.5) is 0 Å². The first-order valence-electron chi connectivity index (χ1n) is 5.29. The summed E-state index contributed by atoms with van der Waals surface area (Å²) in [5.41, 5.74) is 4.74. The minimum atomic E-state index is 0.361. The summed E-state index contributed by atoms with van der Waals surface area (Å²) in [6, 6.07) is 6.79. The summed E-state index contributed by atoms with van der Waals surface area (Å²) >= 11 is 0. The van der Waals surface area contributed by atoms with Crippen molar-refractivity contribution in [1.29, 1.82) is 0 Å². The average molecular weight is 185 g/mol. The zero-order chi connectivity index (χ0) is 10.2. The quantitative estimate of drug-likeness (QED) is 0.662. The molecule has 0 aromatic heterocycles. The lowest BCUT2D eigenvalue weighted by atomic mass is 9.85. The molecule has 0 saturated heterocycles. The molecule has 0 amide bonds. The molecule has 1 radical (unpaired) electrons. The molecular weight excluding hydrogens is 168 g/mol. The Labute approximate surface area is 86.7 Å². The highest BCUT2D eigenvalue weighted by Crippen LogP contribution is 2.38. The van der Waals surface area contributed by atoms with Crippen molar-refractivity contribution in [2.75, 3.05) is 0 Å². The van der Waals surface area contributed by atoms with Gasteiger partial charge in [0.25, 0.3) is 0 Å². The van der Waals surface area contributed by atoms with Gasteiger partial charge in [0.15, 0.2) is 0 Å². The standard InChI is InChI=1S/C14H17/c1-4-5-11-6-7-12-8-9-14(2,3)13(12)10-11/h1,4,6-7,10H,5,8-9H2,2-3H3.